The highest BCUT2D eigenvalue weighted by Crippen LogP contribution is 2.36. The van der Waals surface area contributed by atoms with Gasteiger partial charge in [-0.3, -0.25) is 4.79 Å². The maximum Gasteiger partial charge on any atom is 0.248 e. The number of carbonyl (C=O) groups excluding carboxylic acids is 1. The molecule has 0 aromatic heterocycles. The van der Waals surface area contributed by atoms with Crippen molar-refractivity contribution in [2.45, 2.75) is 37.7 Å². The van der Waals surface area contributed by atoms with Crippen LogP contribution >= 0.6 is 11.6 Å². The molecule has 5 heteroatoms. The molecule has 0 unspecified atom stereocenters. The number of hydrogen-bond donors (Lipinski definition) is 0. The largest absolute Gasteiger partial charge is 0.489 e. The van der Waals surface area contributed by atoms with Crippen LogP contribution in [0.4, 0.5) is 8.78 Å². The van der Waals surface area contributed by atoms with Crippen molar-refractivity contribution in [1.29, 1.82) is 0 Å². The minimum Gasteiger partial charge on any atom is -0.489 e. The zero-order chi connectivity index (χ0) is 13.2. The maximum atomic E-state index is 13.0. The lowest BCUT2D eigenvalue weighted by atomic mass is 9.94. The highest BCUT2D eigenvalue weighted by molar-refractivity contribution is 6.32. The molecule has 1 aliphatic carbocycles. The van der Waals surface area contributed by atoms with Crippen molar-refractivity contribution < 1.29 is 18.3 Å². The van der Waals surface area contributed by atoms with Gasteiger partial charge in [0, 0.05) is 18.4 Å². The van der Waals surface area contributed by atoms with E-state index in [1.54, 1.807) is 12.1 Å². The molecule has 1 aromatic carbocycles. The number of benzene rings is 1. The Balaban J connectivity index is 2.00. The van der Waals surface area contributed by atoms with Gasteiger partial charge >= 0.3 is 0 Å². The number of hydrogen-bond acceptors (Lipinski definition) is 2. The second-order valence-electron chi connectivity index (χ2n) is 4.48. The van der Waals surface area contributed by atoms with E-state index in [4.69, 9.17) is 16.3 Å². The predicted octanol–water partition coefficient (Wildman–Crippen LogP) is 4.11. The van der Waals surface area contributed by atoms with E-state index in [0.717, 1.165) is 0 Å². The fourth-order valence-corrected chi connectivity index (χ4v) is 2.23. The lowest BCUT2D eigenvalue weighted by Crippen LogP contribution is -2.30. The van der Waals surface area contributed by atoms with E-state index in [1.165, 1.54) is 6.07 Å². The van der Waals surface area contributed by atoms with E-state index in [-0.39, 0.29) is 18.9 Å². The molecule has 0 atom stereocenters. The zero-order valence-electron chi connectivity index (χ0n) is 9.67. The van der Waals surface area contributed by atoms with Gasteiger partial charge in [-0.05, 0) is 31.0 Å². The van der Waals surface area contributed by atoms with E-state index in [2.05, 4.69) is 0 Å². The SMILES string of the molecule is O=Cc1ccc(OC2CCC(F)(F)CC2)c(Cl)c1. The Bertz CT molecular complexity index is 439. The van der Waals surface area contributed by atoms with Crippen LogP contribution in [0.15, 0.2) is 18.2 Å². The Morgan fingerprint density at radius 2 is 2.00 bits per heavy atom. The first-order chi connectivity index (χ1) is 8.50. The van der Waals surface area contributed by atoms with Crippen LogP contribution in [0.5, 0.6) is 5.75 Å². The fourth-order valence-electron chi connectivity index (χ4n) is 2.00. The van der Waals surface area contributed by atoms with Crippen molar-refractivity contribution in [3.63, 3.8) is 0 Å². The van der Waals surface area contributed by atoms with Crippen LogP contribution in [-0.2, 0) is 0 Å². The van der Waals surface area contributed by atoms with E-state index >= 15 is 0 Å². The summed E-state index contributed by atoms with van der Waals surface area (Å²) in [6.45, 7) is 0. The standard InChI is InChI=1S/C13H13ClF2O2/c14-11-7-9(8-17)1-2-12(11)18-10-3-5-13(15,16)6-4-10/h1-2,7-8,10H,3-6H2. The van der Waals surface area contributed by atoms with Crippen LogP contribution < -0.4 is 4.74 Å². The molecule has 98 valence electrons. The van der Waals surface area contributed by atoms with Crippen LogP contribution in [0, 0.1) is 0 Å². The van der Waals surface area contributed by atoms with E-state index in [0.29, 0.717) is 35.5 Å². The molecule has 0 saturated heterocycles. The van der Waals surface area contributed by atoms with Crippen molar-refractivity contribution in [2.24, 2.45) is 0 Å². The first-order valence-electron chi connectivity index (χ1n) is 5.79. The third-order valence-electron chi connectivity index (χ3n) is 3.05. The third-order valence-corrected chi connectivity index (χ3v) is 3.35. The minimum atomic E-state index is -2.56. The summed E-state index contributed by atoms with van der Waals surface area (Å²) in [5.74, 6) is -2.12. The van der Waals surface area contributed by atoms with Crippen LogP contribution in [0.3, 0.4) is 0 Å². The molecule has 0 N–H and O–H groups in total. The Morgan fingerprint density at radius 3 is 2.56 bits per heavy atom. The number of carbonyl (C=O) groups is 1. The minimum absolute atomic E-state index is 0.151. The molecule has 0 radical (unpaired) electrons. The van der Waals surface area contributed by atoms with Gasteiger partial charge in [0.25, 0.3) is 0 Å². The topological polar surface area (TPSA) is 26.3 Å². The summed E-state index contributed by atoms with van der Waals surface area (Å²) in [6.07, 6.45) is 0.793. The normalized spacial score (nSPS) is 19.5. The van der Waals surface area contributed by atoms with Gasteiger partial charge in [0.2, 0.25) is 5.92 Å². The van der Waals surface area contributed by atoms with Crippen LogP contribution in [0.2, 0.25) is 5.02 Å². The van der Waals surface area contributed by atoms with Crippen LogP contribution in [0.25, 0.3) is 0 Å². The molecule has 2 rings (SSSR count). The van der Waals surface area contributed by atoms with Gasteiger partial charge < -0.3 is 4.74 Å². The summed E-state index contributed by atoms with van der Waals surface area (Å²) in [4.78, 5) is 10.5. The number of aldehydes is 1. The molecule has 0 heterocycles. The molecule has 1 aliphatic rings. The highest BCUT2D eigenvalue weighted by Gasteiger charge is 2.35. The number of halogens is 3. The van der Waals surface area contributed by atoms with Crippen molar-refractivity contribution in [3.8, 4) is 5.75 Å². The smallest absolute Gasteiger partial charge is 0.248 e. The molecular formula is C13H13ClF2O2. The Morgan fingerprint density at radius 1 is 1.33 bits per heavy atom. The predicted molar refractivity (Wildman–Crippen MR) is 64.7 cm³/mol. The highest BCUT2D eigenvalue weighted by atomic mass is 35.5. The molecule has 0 aliphatic heterocycles. The maximum absolute atomic E-state index is 13.0. The van der Waals surface area contributed by atoms with Gasteiger partial charge in [0.15, 0.2) is 0 Å². The summed E-state index contributed by atoms with van der Waals surface area (Å²) in [6, 6.07) is 4.69. The molecule has 1 fully saturated rings. The first-order valence-corrected chi connectivity index (χ1v) is 6.17. The lowest BCUT2D eigenvalue weighted by molar-refractivity contribution is -0.0582. The molecule has 1 aromatic rings. The summed E-state index contributed by atoms with van der Waals surface area (Å²) >= 11 is 5.95. The molecule has 18 heavy (non-hydrogen) atoms. The molecule has 2 nitrogen and oxygen atoms in total. The molecule has 0 amide bonds. The Kier molecular flexibility index (Phi) is 3.85. The molecular weight excluding hydrogens is 262 g/mol. The van der Waals surface area contributed by atoms with Gasteiger partial charge in [0.1, 0.15) is 12.0 Å². The quantitative estimate of drug-likeness (QED) is 0.776. The summed E-state index contributed by atoms with van der Waals surface area (Å²) in [5.41, 5.74) is 0.461. The monoisotopic (exact) mass is 274 g/mol. The van der Waals surface area contributed by atoms with Crippen LogP contribution in [0.1, 0.15) is 36.0 Å². The van der Waals surface area contributed by atoms with Gasteiger partial charge in [0.05, 0.1) is 11.1 Å². The van der Waals surface area contributed by atoms with Gasteiger partial charge in [-0.2, -0.15) is 0 Å². The lowest BCUT2D eigenvalue weighted by Gasteiger charge is -2.28. The van der Waals surface area contributed by atoms with Crippen molar-refractivity contribution in [3.05, 3.63) is 28.8 Å². The third kappa shape index (κ3) is 3.19. The van der Waals surface area contributed by atoms with E-state index < -0.39 is 5.92 Å². The molecule has 1 saturated carbocycles. The van der Waals surface area contributed by atoms with Gasteiger partial charge in [-0.25, -0.2) is 8.78 Å². The number of rotatable bonds is 3. The van der Waals surface area contributed by atoms with Gasteiger partial charge in [-0.15, -0.1) is 0 Å². The van der Waals surface area contributed by atoms with E-state index in [9.17, 15) is 13.6 Å². The number of alkyl halides is 2. The molecule has 0 spiro atoms. The summed E-state index contributed by atoms with van der Waals surface area (Å²) < 4.78 is 31.5. The van der Waals surface area contributed by atoms with Gasteiger partial charge in [-0.1, -0.05) is 11.6 Å². The Labute approximate surface area is 109 Å². The first kappa shape index (κ1) is 13.3. The number of ether oxygens (including phenoxy) is 1. The average molecular weight is 275 g/mol. The zero-order valence-corrected chi connectivity index (χ0v) is 10.4. The van der Waals surface area contributed by atoms with Crippen molar-refractivity contribution in [2.75, 3.05) is 0 Å². The summed E-state index contributed by atoms with van der Waals surface area (Å²) in [7, 11) is 0. The second kappa shape index (κ2) is 5.22. The second-order valence-corrected chi connectivity index (χ2v) is 4.89. The molecule has 0 bridgehead atoms. The Hall–Kier alpha value is -1.16. The van der Waals surface area contributed by atoms with Crippen molar-refractivity contribution >= 4 is 17.9 Å². The summed E-state index contributed by atoms with van der Waals surface area (Å²) in [5, 5.41) is 0.330. The average Bonchev–Trinajstić information content (AvgIpc) is 2.34. The fraction of sp³-hybridized carbons (Fsp3) is 0.462. The van der Waals surface area contributed by atoms with E-state index in [1.807, 2.05) is 0 Å². The van der Waals surface area contributed by atoms with Crippen LogP contribution in [-0.4, -0.2) is 18.3 Å². The van der Waals surface area contributed by atoms with Crippen molar-refractivity contribution in [1.82, 2.24) is 0 Å².